The molecular weight excluding hydrogens is 296 g/mol. The predicted molar refractivity (Wildman–Crippen MR) is 99.0 cm³/mol. The Morgan fingerprint density at radius 1 is 1.12 bits per heavy atom. The fourth-order valence-corrected chi connectivity index (χ4v) is 4.23. The molecule has 1 aromatic rings. The lowest BCUT2D eigenvalue weighted by atomic mass is 9.84. The zero-order chi connectivity index (χ0) is 16.9. The molecule has 2 aliphatic rings. The number of nitrogens with one attached hydrogen (secondary N) is 1. The molecule has 2 fully saturated rings. The first-order valence-corrected chi connectivity index (χ1v) is 9.34. The minimum absolute atomic E-state index is 0.693. The molecule has 1 N–H and O–H groups in total. The highest BCUT2D eigenvalue weighted by Crippen LogP contribution is 2.29. The van der Waals surface area contributed by atoms with E-state index in [0.717, 1.165) is 29.6 Å². The maximum atomic E-state index is 8.82. The second-order valence-corrected chi connectivity index (χ2v) is 7.74. The smallest absolute Gasteiger partial charge is 0.0991 e. The third kappa shape index (κ3) is 4.49. The molecule has 2 unspecified atom stereocenters. The first-order chi connectivity index (χ1) is 11.6. The van der Waals surface area contributed by atoms with Crippen molar-refractivity contribution in [1.29, 1.82) is 5.26 Å². The van der Waals surface area contributed by atoms with Crippen LogP contribution in [0.5, 0.6) is 0 Å². The largest absolute Gasteiger partial charge is 0.385 e. The first-order valence-electron chi connectivity index (χ1n) is 9.34. The molecule has 0 spiro atoms. The van der Waals surface area contributed by atoms with E-state index in [9.17, 15) is 0 Å². The van der Waals surface area contributed by atoms with Gasteiger partial charge in [0, 0.05) is 44.5 Å². The van der Waals surface area contributed by atoms with Crippen LogP contribution in [0.15, 0.2) is 24.3 Å². The first kappa shape index (κ1) is 17.3. The monoisotopic (exact) mass is 326 g/mol. The topological polar surface area (TPSA) is 42.3 Å². The number of hydrogen-bond donors (Lipinski definition) is 1. The Labute approximate surface area is 146 Å². The zero-order valence-electron chi connectivity index (χ0n) is 15.0. The number of nitriles is 1. The van der Waals surface area contributed by atoms with E-state index < -0.39 is 0 Å². The maximum absolute atomic E-state index is 8.82. The number of nitrogens with zero attached hydrogens (tertiary/aromatic N) is 3. The van der Waals surface area contributed by atoms with Gasteiger partial charge in [-0.25, -0.2) is 0 Å². The van der Waals surface area contributed by atoms with Crippen LogP contribution in [0.4, 0.5) is 5.69 Å². The Bertz CT molecular complexity index is 546. The van der Waals surface area contributed by atoms with Crippen LogP contribution in [0.2, 0.25) is 0 Å². The molecule has 4 nitrogen and oxygen atoms in total. The average Bonchev–Trinajstić information content (AvgIpc) is 2.58. The van der Waals surface area contributed by atoms with Gasteiger partial charge < -0.3 is 15.1 Å². The van der Waals surface area contributed by atoms with Gasteiger partial charge in [0.1, 0.15) is 0 Å². The van der Waals surface area contributed by atoms with Crippen molar-refractivity contribution in [3.63, 3.8) is 0 Å². The van der Waals surface area contributed by atoms with E-state index in [0.29, 0.717) is 6.04 Å². The molecule has 0 amide bonds. The summed E-state index contributed by atoms with van der Waals surface area (Å²) in [6, 6.07) is 10.6. The van der Waals surface area contributed by atoms with Crippen LogP contribution in [-0.2, 0) is 0 Å². The minimum atomic E-state index is 0.693. The lowest BCUT2D eigenvalue weighted by Crippen LogP contribution is -2.54. The summed E-state index contributed by atoms with van der Waals surface area (Å²) in [5.41, 5.74) is 1.83. The lowest BCUT2D eigenvalue weighted by molar-refractivity contribution is 0.0176. The summed E-state index contributed by atoms with van der Waals surface area (Å²) in [7, 11) is 0. The Hall–Kier alpha value is -1.57. The lowest BCUT2D eigenvalue weighted by Gasteiger charge is -2.47. The highest BCUT2D eigenvalue weighted by molar-refractivity contribution is 5.46. The van der Waals surface area contributed by atoms with Gasteiger partial charge in [-0.05, 0) is 69.3 Å². The van der Waals surface area contributed by atoms with Crippen LogP contribution in [0.1, 0.15) is 32.3 Å². The van der Waals surface area contributed by atoms with Crippen LogP contribution in [0, 0.1) is 23.2 Å². The molecule has 2 saturated heterocycles. The van der Waals surface area contributed by atoms with E-state index in [2.05, 4.69) is 35.0 Å². The van der Waals surface area contributed by atoms with Gasteiger partial charge in [0.05, 0.1) is 11.6 Å². The van der Waals surface area contributed by atoms with Crippen molar-refractivity contribution in [1.82, 2.24) is 9.80 Å². The van der Waals surface area contributed by atoms with E-state index >= 15 is 0 Å². The molecule has 0 aromatic heterocycles. The van der Waals surface area contributed by atoms with Gasteiger partial charge in [-0.3, -0.25) is 0 Å². The van der Waals surface area contributed by atoms with Gasteiger partial charge in [-0.15, -0.1) is 0 Å². The molecule has 2 atom stereocenters. The summed E-state index contributed by atoms with van der Waals surface area (Å²) in [4.78, 5) is 5.35. The van der Waals surface area contributed by atoms with Gasteiger partial charge in [0.15, 0.2) is 0 Å². The maximum Gasteiger partial charge on any atom is 0.0991 e. The zero-order valence-corrected chi connectivity index (χ0v) is 15.0. The molecular formula is C20H30N4. The third-order valence-electron chi connectivity index (χ3n) is 5.41. The number of anilines is 1. The number of benzene rings is 1. The minimum Gasteiger partial charge on any atom is -0.385 e. The molecule has 0 aliphatic carbocycles. The fourth-order valence-electron chi connectivity index (χ4n) is 4.23. The van der Waals surface area contributed by atoms with Gasteiger partial charge in [-0.2, -0.15) is 5.26 Å². The van der Waals surface area contributed by atoms with E-state index in [4.69, 9.17) is 5.26 Å². The number of fused-ring (bicyclic) bond motifs is 2. The molecule has 1 aromatic carbocycles. The quantitative estimate of drug-likeness (QED) is 0.816. The second kappa shape index (κ2) is 8.00. The van der Waals surface area contributed by atoms with Gasteiger partial charge >= 0.3 is 0 Å². The van der Waals surface area contributed by atoms with Crippen LogP contribution >= 0.6 is 0 Å². The van der Waals surface area contributed by atoms with Crippen molar-refractivity contribution in [3.05, 3.63) is 29.8 Å². The molecule has 2 bridgehead atoms. The van der Waals surface area contributed by atoms with Crippen LogP contribution in [0.25, 0.3) is 0 Å². The summed E-state index contributed by atoms with van der Waals surface area (Å²) in [6.45, 7) is 12.0. The van der Waals surface area contributed by atoms with E-state index in [1.54, 1.807) is 0 Å². The summed E-state index contributed by atoms with van der Waals surface area (Å²) in [6.07, 6.45) is 2.61. The van der Waals surface area contributed by atoms with Crippen molar-refractivity contribution in [3.8, 4) is 6.07 Å². The summed E-state index contributed by atoms with van der Waals surface area (Å²) in [5, 5.41) is 12.3. The van der Waals surface area contributed by atoms with E-state index in [1.807, 2.05) is 24.3 Å². The molecule has 130 valence electrons. The number of likely N-dealkylation sites (tertiary alicyclic amines) is 2. The average molecular weight is 326 g/mol. The van der Waals surface area contributed by atoms with Crippen LogP contribution in [-0.4, -0.2) is 55.1 Å². The van der Waals surface area contributed by atoms with Crippen molar-refractivity contribution in [2.24, 2.45) is 11.8 Å². The molecule has 3 rings (SSSR count). The van der Waals surface area contributed by atoms with E-state index in [-0.39, 0.29) is 0 Å². The Balaban J connectivity index is 1.38. The molecule has 2 aliphatic heterocycles. The summed E-state index contributed by atoms with van der Waals surface area (Å²) < 4.78 is 0. The SMILES string of the molecule is CC(C)N1CC2CC(CN(CCCNc3ccc(C#N)cc3)C2)C1. The normalized spacial score (nSPS) is 24.8. The van der Waals surface area contributed by atoms with Crippen LogP contribution in [0.3, 0.4) is 0 Å². The number of rotatable bonds is 6. The second-order valence-electron chi connectivity index (χ2n) is 7.74. The highest BCUT2D eigenvalue weighted by Gasteiger charge is 2.34. The summed E-state index contributed by atoms with van der Waals surface area (Å²) in [5.74, 6) is 1.73. The number of piperidine rings is 2. The highest BCUT2D eigenvalue weighted by atomic mass is 15.2. The van der Waals surface area contributed by atoms with Crippen LogP contribution < -0.4 is 5.32 Å². The predicted octanol–water partition coefficient (Wildman–Crippen LogP) is 3.02. The summed E-state index contributed by atoms with van der Waals surface area (Å²) >= 11 is 0. The van der Waals surface area contributed by atoms with Gasteiger partial charge in [0.2, 0.25) is 0 Å². The molecule has 2 heterocycles. The van der Waals surface area contributed by atoms with E-state index in [1.165, 1.54) is 45.6 Å². The standard InChI is InChI=1S/C20H30N4/c1-16(2)24-14-18-10-19(15-24)13-23(12-18)9-3-8-22-20-6-4-17(11-21)5-7-20/h4-7,16,18-19,22H,3,8-10,12-15H2,1-2H3. The van der Waals surface area contributed by atoms with Crippen molar-refractivity contribution in [2.75, 3.05) is 44.6 Å². The molecule has 0 radical (unpaired) electrons. The van der Waals surface area contributed by atoms with Crippen molar-refractivity contribution >= 4 is 5.69 Å². The molecule has 4 heteroatoms. The fraction of sp³-hybridized carbons (Fsp3) is 0.650. The number of hydrogen-bond acceptors (Lipinski definition) is 4. The Morgan fingerprint density at radius 2 is 1.79 bits per heavy atom. The van der Waals surface area contributed by atoms with Gasteiger partial charge in [0.25, 0.3) is 0 Å². The molecule has 24 heavy (non-hydrogen) atoms. The molecule has 0 saturated carbocycles. The Kier molecular flexibility index (Phi) is 5.76. The van der Waals surface area contributed by atoms with Gasteiger partial charge in [-0.1, -0.05) is 0 Å². The van der Waals surface area contributed by atoms with Crippen molar-refractivity contribution < 1.29 is 0 Å². The Morgan fingerprint density at radius 3 is 2.38 bits per heavy atom. The van der Waals surface area contributed by atoms with Crippen molar-refractivity contribution in [2.45, 2.75) is 32.7 Å². The third-order valence-corrected chi connectivity index (χ3v) is 5.41.